The number of likely N-dealkylation sites (tertiary alicyclic amines) is 1. The first-order valence-electron chi connectivity index (χ1n) is 22.8. The van der Waals surface area contributed by atoms with Crippen molar-refractivity contribution in [1.29, 1.82) is 0 Å². The van der Waals surface area contributed by atoms with Crippen molar-refractivity contribution in [1.82, 2.24) is 14.5 Å². The van der Waals surface area contributed by atoms with Gasteiger partial charge in [-0.05, 0) is 116 Å². The van der Waals surface area contributed by atoms with Gasteiger partial charge in [0.25, 0.3) is 5.91 Å². The fourth-order valence-electron chi connectivity index (χ4n) is 10.4. The number of anilines is 3. The standard InChI is InChI=1S/C50H50ClFN6O10S2/c1-50(2)24-31(53-30-7-4-6-29(23-30)44-42(51)43(68-25-40(60)61)45(69-44)48(64)65)18-21-57(50)70(3,67)26-27-10-12-35(52)36(22-27)54-49(66)56-19-16-28(17-20-56)32-11-13-37-41-33(32)8-5-9-34(41)47(63)58(37)38-14-15-39(59)55-46(38)62/h4-13,22-23,28,31,38,53H,3,14-21,24-26H2,1-2H3,(H,54,66)(H,60,61)(H,64,65)(H,55,59,62)/t31-,38?,70?/m0/s1. The van der Waals surface area contributed by atoms with Crippen LogP contribution in [0.1, 0.15) is 89.4 Å². The Balaban J connectivity index is 0.816. The number of aromatic carboxylic acids is 1. The topological polar surface area (TPSA) is 215 Å². The summed E-state index contributed by atoms with van der Waals surface area (Å²) in [6, 6.07) is 19.6. The number of hydrogen-bond donors (Lipinski definition) is 5. The molecule has 3 atom stereocenters. The Hall–Kier alpha value is -6.54. The maximum absolute atomic E-state index is 15.3. The Morgan fingerprint density at radius 2 is 1.74 bits per heavy atom. The molecule has 1 aromatic heterocycles. The number of aliphatic carboxylic acids is 1. The van der Waals surface area contributed by atoms with Crippen molar-refractivity contribution in [2.24, 2.45) is 0 Å². The largest absolute Gasteiger partial charge is 0.479 e. The molecule has 70 heavy (non-hydrogen) atoms. The van der Waals surface area contributed by atoms with E-state index in [0.717, 1.165) is 33.4 Å². The first-order valence-corrected chi connectivity index (χ1v) is 25.8. The number of carboxylic acids is 2. The molecule has 5 heterocycles. The Labute approximate surface area is 411 Å². The van der Waals surface area contributed by atoms with Gasteiger partial charge in [0.05, 0.1) is 22.0 Å². The number of nitrogens with zero attached hydrogens (tertiary/aromatic N) is 3. The van der Waals surface area contributed by atoms with E-state index in [2.05, 4.69) is 21.8 Å². The molecule has 4 aliphatic heterocycles. The van der Waals surface area contributed by atoms with Crippen molar-refractivity contribution in [3.63, 3.8) is 0 Å². The Bertz CT molecular complexity index is 3120. The highest BCUT2D eigenvalue weighted by molar-refractivity contribution is 7.97. The van der Waals surface area contributed by atoms with Gasteiger partial charge in [0.1, 0.15) is 16.9 Å². The van der Waals surface area contributed by atoms with E-state index in [1.165, 1.54) is 17.0 Å². The van der Waals surface area contributed by atoms with Crippen LogP contribution in [0.25, 0.3) is 21.2 Å². The van der Waals surface area contributed by atoms with E-state index in [-0.39, 0.29) is 63.7 Å². The summed E-state index contributed by atoms with van der Waals surface area (Å²) in [5, 5.41) is 29.1. The van der Waals surface area contributed by atoms with Gasteiger partial charge in [-0.25, -0.2) is 23.1 Å². The molecule has 366 valence electrons. The third kappa shape index (κ3) is 9.42. The van der Waals surface area contributed by atoms with Gasteiger partial charge in [0.15, 0.2) is 17.2 Å². The number of ether oxygens (including phenoxy) is 1. The van der Waals surface area contributed by atoms with Crippen molar-refractivity contribution in [2.75, 3.05) is 41.8 Å². The Kier molecular flexibility index (Phi) is 13.2. The zero-order valence-corrected chi connectivity index (χ0v) is 40.6. The van der Waals surface area contributed by atoms with Crippen LogP contribution in [0.5, 0.6) is 5.75 Å². The molecule has 2 unspecified atom stereocenters. The minimum atomic E-state index is -2.95. The molecule has 0 aliphatic carbocycles. The van der Waals surface area contributed by atoms with Crippen LogP contribution < -0.4 is 25.6 Å². The second kappa shape index (κ2) is 19.0. The molecule has 0 saturated carbocycles. The molecule has 5 aromatic rings. The van der Waals surface area contributed by atoms with E-state index in [9.17, 15) is 38.1 Å². The van der Waals surface area contributed by atoms with Gasteiger partial charge in [0.2, 0.25) is 11.8 Å². The van der Waals surface area contributed by atoms with Crippen LogP contribution in [-0.2, 0) is 29.8 Å². The van der Waals surface area contributed by atoms with Gasteiger partial charge in [-0.1, -0.05) is 48.0 Å². The molecule has 0 bridgehead atoms. The number of hydrogen-bond acceptors (Lipinski definition) is 10. The monoisotopic (exact) mass is 1010 g/mol. The minimum absolute atomic E-state index is 0.00376. The van der Waals surface area contributed by atoms with E-state index < -0.39 is 57.6 Å². The van der Waals surface area contributed by atoms with Gasteiger partial charge in [-0.3, -0.25) is 28.8 Å². The van der Waals surface area contributed by atoms with Gasteiger partial charge in [-0.15, -0.1) is 11.3 Å². The van der Waals surface area contributed by atoms with Crippen LogP contribution in [0.4, 0.5) is 26.2 Å². The third-order valence-corrected chi connectivity index (χ3v) is 17.5. The summed E-state index contributed by atoms with van der Waals surface area (Å²) in [4.78, 5) is 78.3. The van der Waals surface area contributed by atoms with Crippen LogP contribution in [-0.4, -0.2) is 109 Å². The molecule has 4 aromatic carbocycles. The zero-order valence-electron chi connectivity index (χ0n) is 38.2. The number of carboxylic acid groups (broad SMARTS) is 2. The van der Waals surface area contributed by atoms with Crippen molar-refractivity contribution < 1.29 is 52.3 Å². The van der Waals surface area contributed by atoms with Crippen molar-refractivity contribution in [3.8, 4) is 16.2 Å². The summed E-state index contributed by atoms with van der Waals surface area (Å²) in [6.07, 6.45) is 2.80. The van der Waals surface area contributed by atoms with Gasteiger partial charge < -0.3 is 30.5 Å². The predicted molar refractivity (Wildman–Crippen MR) is 267 cm³/mol. The lowest BCUT2D eigenvalue weighted by molar-refractivity contribution is -0.139. The fraction of sp³-hybridized carbons (Fsp3) is 0.340. The summed E-state index contributed by atoms with van der Waals surface area (Å²) in [6.45, 7) is 4.44. The van der Waals surface area contributed by atoms with Crippen LogP contribution in [0.2, 0.25) is 5.02 Å². The molecule has 5 amide bonds. The van der Waals surface area contributed by atoms with E-state index in [4.69, 9.17) is 21.4 Å². The quantitative estimate of drug-likeness (QED) is 0.0560. The zero-order chi connectivity index (χ0) is 49.8. The van der Waals surface area contributed by atoms with Gasteiger partial charge >= 0.3 is 18.0 Å². The summed E-state index contributed by atoms with van der Waals surface area (Å²) < 4.78 is 37.0. The molecule has 0 spiro atoms. The summed E-state index contributed by atoms with van der Waals surface area (Å²) in [7, 11) is -2.95. The number of thiophene rings is 1. The number of rotatable bonds is 13. The average molecular weight is 1010 g/mol. The lowest BCUT2D eigenvalue weighted by Crippen LogP contribution is -2.55. The summed E-state index contributed by atoms with van der Waals surface area (Å²) in [5.74, 6) is -0.282. The Morgan fingerprint density at radius 3 is 2.46 bits per heavy atom. The van der Waals surface area contributed by atoms with Crippen molar-refractivity contribution in [3.05, 3.63) is 105 Å². The van der Waals surface area contributed by atoms with Crippen molar-refractivity contribution >= 4 is 102 Å². The number of piperidine rings is 3. The molecule has 20 heteroatoms. The number of carbonyl (C=O) groups excluding carboxylic acids is 4. The maximum atomic E-state index is 15.3. The molecule has 9 rings (SSSR count). The first kappa shape index (κ1) is 48.5. The fourth-order valence-corrected chi connectivity index (χ4v) is 14.1. The molecular formula is C50H50ClFN6O10S2. The number of halogens is 2. The van der Waals surface area contributed by atoms with Crippen LogP contribution in [0.15, 0.2) is 72.8 Å². The second-order valence-corrected chi connectivity index (χ2v) is 22.4. The number of imide groups is 1. The Morgan fingerprint density at radius 1 is 0.986 bits per heavy atom. The SMILES string of the molecule is C=S(=O)(Cc1ccc(F)c(NC(=O)N2CCC(c3ccc4c5c(cccc35)C(=O)N4C3CCC(=O)NC3=O)CC2)c1)N1CC[C@H](Nc2cccc(-c3sc(C(=O)O)c(OCC(=O)O)c3Cl)c2)CC1(C)C. The van der Waals surface area contributed by atoms with Crippen molar-refractivity contribution in [2.45, 2.75) is 81.7 Å². The lowest BCUT2D eigenvalue weighted by Gasteiger charge is -2.47. The molecule has 5 N–H and O–H groups in total. The molecule has 16 nitrogen and oxygen atoms in total. The summed E-state index contributed by atoms with van der Waals surface area (Å²) in [5.41, 5.74) is 3.43. The highest BCUT2D eigenvalue weighted by Gasteiger charge is 2.42. The third-order valence-electron chi connectivity index (χ3n) is 13.5. The first-order chi connectivity index (χ1) is 33.3. The highest BCUT2D eigenvalue weighted by Crippen LogP contribution is 2.47. The normalized spacial score (nSPS) is 20.3. The molecule has 4 aliphatic rings. The van der Waals surface area contributed by atoms with E-state index in [1.54, 1.807) is 29.2 Å². The lowest BCUT2D eigenvalue weighted by atomic mass is 9.85. The number of urea groups is 1. The number of carbonyl (C=O) groups is 6. The van der Waals surface area contributed by atoms with Gasteiger partial charge in [-0.2, -0.15) is 0 Å². The number of nitrogens with one attached hydrogen (secondary N) is 3. The van der Waals surface area contributed by atoms with Crippen LogP contribution >= 0.6 is 22.9 Å². The second-order valence-electron chi connectivity index (χ2n) is 18.7. The van der Waals surface area contributed by atoms with E-state index in [1.807, 2.05) is 54.6 Å². The molecule has 3 fully saturated rings. The number of amides is 5. The minimum Gasteiger partial charge on any atom is -0.479 e. The van der Waals surface area contributed by atoms with Crippen LogP contribution in [0, 0.1) is 5.82 Å². The predicted octanol–water partition coefficient (Wildman–Crippen LogP) is 8.19. The van der Waals surface area contributed by atoms with E-state index >= 15 is 4.39 Å². The smallest absolute Gasteiger partial charge is 0.349 e. The summed E-state index contributed by atoms with van der Waals surface area (Å²) >= 11 is 7.43. The molecule has 3 saturated heterocycles. The number of benzene rings is 4. The van der Waals surface area contributed by atoms with E-state index in [0.29, 0.717) is 72.6 Å². The molecule has 0 radical (unpaired) electrons. The van der Waals surface area contributed by atoms with Gasteiger partial charge in [0, 0.05) is 64.0 Å². The van der Waals surface area contributed by atoms with Crippen LogP contribution in [0.3, 0.4) is 0 Å². The molecular weight excluding hydrogens is 963 g/mol. The maximum Gasteiger partial charge on any atom is 0.349 e. The average Bonchev–Trinajstić information content (AvgIpc) is 3.79. The highest BCUT2D eigenvalue weighted by atomic mass is 35.5.